The largest absolute Gasteiger partial charge is 1.00 e. The lowest BCUT2D eigenvalue weighted by Gasteiger charge is -1.77. The van der Waals surface area contributed by atoms with Crippen molar-refractivity contribution in [2.45, 2.75) is 13.5 Å². The highest BCUT2D eigenvalue weighted by Crippen LogP contribution is 1.73. The number of nitrogens with zero attached hydrogens (tertiary/aromatic N) is 3. The minimum Gasteiger partial charge on any atom is -1.00 e. The Morgan fingerprint density at radius 1 is 1.78 bits per heavy atom. The second-order valence-corrected chi connectivity index (χ2v) is 1.52. The normalized spacial score (nSPS) is 8.56. The van der Waals surface area contributed by atoms with Crippen LogP contribution in [0.1, 0.15) is 6.92 Å². The monoisotopic (exact) mass is 192 g/mol. The smallest absolute Gasteiger partial charge is 0.184 e. The molecule has 0 amide bonds. The van der Waals surface area contributed by atoms with E-state index in [4.69, 9.17) is 5.84 Å². The Kier molecular flexibility index (Phi) is 3.22. The molecule has 1 heterocycles. The van der Waals surface area contributed by atoms with Crippen molar-refractivity contribution in [2.24, 2.45) is 0 Å². The zero-order chi connectivity index (χ0) is 5.98. The summed E-state index contributed by atoms with van der Waals surface area (Å²) in [7, 11) is 0. The van der Waals surface area contributed by atoms with Crippen LogP contribution >= 0.6 is 0 Å². The molecule has 52 valence electrons. The zero-order valence-electron chi connectivity index (χ0n) is 5.16. The van der Waals surface area contributed by atoms with Gasteiger partial charge in [-0.05, 0) is 11.7 Å². The van der Waals surface area contributed by atoms with E-state index in [9.17, 15) is 0 Å². The van der Waals surface area contributed by atoms with E-state index in [0.29, 0.717) is 0 Å². The molecule has 0 saturated heterocycles. The molecule has 0 bridgehead atoms. The number of hydrogen-bond acceptors (Lipinski definition) is 2. The van der Waals surface area contributed by atoms with Gasteiger partial charge in [0.25, 0.3) is 0 Å². The van der Waals surface area contributed by atoms with Gasteiger partial charge in [-0.25, -0.2) is 5.84 Å². The number of rotatable bonds is 1. The van der Waals surface area contributed by atoms with E-state index in [-0.39, 0.29) is 17.0 Å². The summed E-state index contributed by atoms with van der Waals surface area (Å²) in [5.41, 5.74) is 0. The highest BCUT2D eigenvalue weighted by Gasteiger charge is 1.95. The maximum Gasteiger partial charge on any atom is 0.184 e. The molecule has 2 N–H and O–H groups in total. The first-order valence-electron chi connectivity index (χ1n) is 2.53. The lowest BCUT2D eigenvalue weighted by Crippen LogP contribution is -3.00. The fourth-order valence-electron chi connectivity index (χ4n) is 0.506. The molecule has 0 saturated carbocycles. The van der Waals surface area contributed by atoms with Crippen molar-refractivity contribution in [2.75, 3.05) is 5.84 Å². The van der Waals surface area contributed by atoms with Gasteiger partial charge in [-0.2, -0.15) is 0 Å². The molecule has 1 aromatic rings. The zero-order valence-corrected chi connectivity index (χ0v) is 6.74. The van der Waals surface area contributed by atoms with Gasteiger partial charge >= 0.3 is 0 Å². The molecule has 4 nitrogen and oxygen atoms in total. The average Bonchev–Trinajstić information content (AvgIpc) is 2.14. The second-order valence-electron chi connectivity index (χ2n) is 1.52. The van der Waals surface area contributed by atoms with E-state index >= 15 is 0 Å². The van der Waals surface area contributed by atoms with Gasteiger partial charge in [0.05, 0.1) is 0 Å². The third kappa shape index (κ3) is 2.01. The maximum absolute atomic E-state index is 5.24. The number of aromatic nitrogens is 3. The summed E-state index contributed by atoms with van der Waals surface area (Å²) in [4.78, 5) is 1.28. The molecule has 5 heteroatoms. The minimum absolute atomic E-state index is 0. The van der Waals surface area contributed by atoms with Crippen LogP contribution in [0.25, 0.3) is 0 Å². The van der Waals surface area contributed by atoms with Crippen molar-refractivity contribution in [1.29, 1.82) is 0 Å². The quantitative estimate of drug-likeness (QED) is 0.364. The summed E-state index contributed by atoms with van der Waals surface area (Å²) in [5.74, 6) is 5.24. The molecule has 0 aliphatic carbocycles. The molecular formula is C4H9BrN4. The van der Waals surface area contributed by atoms with Crippen molar-refractivity contribution in [1.82, 2.24) is 9.90 Å². The number of nitrogen functional groups attached to an aromatic ring is 1. The van der Waals surface area contributed by atoms with E-state index in [0.717, 1.165) is 6.54 Å². The van der Waals surface area contributed by atoms with Crippen molar-refractivity contribution >= 4 is 0 Å². The van der Waals surface area contributed by atoms with Gasteiger partial charge in [0.15, 0.2) is 12.4 Å². The molecule has 0 spiro atoms. The molecule has 1 aromatic heterocycles. The van der Waals surface area contributed by atoms with Crippen LogP contribution in [0.5, 0.6) is 0 Å². The maximum atomic E-state index is 5.24. The van der Waals surface area contributed by atoms with Gasteiger partial charge in [0, 0.05) is 0 Å². The number of hydrogen-bond donors (Lipinski definition) is 1. The first-order chi connectivity index (χ1) is 3.83. The van der Waals surface area contributed by atoms with Crippen molar-refractivity contribution in [3.8, 4) is 0 Å². The van der Waals surface area contributed by atoms with Gasteiger partial charge in [-0.15, -0.1) is 4.68 Å². The Morgan fingerprint density at radius 3 is 2.67 bits per heavy atom. The van der Waals surface area contributed by atoms with Crippen LogP contribution in [0, 0.1) is 0 Å². The number of halogens is 1. The topological polar surface area (TPSA) is 47.7 Å². The SMILES string of the molecule is CCn1cc[n+](N)n1.[Br-]. The Labute approximate surface area is 64.0 Å². The molecule has 9 heavy (non-hydrogen) atoms. The lowest BCUT2D eigenvalue weighted by molar-refractivity contribution is -0.702. The summed E-state index contributed by atoms with van der Waals surface area (Å²) in [6, 6.07) is 0. The Bertz CT molecular complexity index is 173. The van der Waals surface area contributed by atoms with E-state index in [1.54, 1.807) is 10.9 Å². The highest BCUT2D eigenvalue weighted by molar-refractivity contribution is 4.55. The molecule has 0 aliphatic heterocycles. The van der Waals surface area contributed by atoms with Crippen molar-refractivity contribution in [3.05, 3.63) is 12.4 Å². The third-order valence-corrected chi connectivity index (χ3v) is 0.934. The highest BCUT2D eigenvalue weighted by atomic mass is 79.9. The third-order valence-electron chi connectivity index (χ3n) is 0.934. The van der Waals surface area contributed by atoms with Crippen LogP contribution in [-0.4, -0.2) is 9.90 Å². The molecule has 0 aliphatic rings. The Hall–Kier alpha value is -0.580. The molecule has 0 aromatic carbocycles. The van der Waals surface area contributed by atoms with Crippen LogP contribution in [0.2, 0.25) is 0 Å². The summed E-state index contributed by atoms with van der Waals surface area (Å²) >= 11 is 0. The summed E-state index contributed by atoms with van der Waals surface area (Å²) in [6.07, 6.45) is 3.52. The molecule has 0 radical (unpaired) electrons. The average molecular weight is 193 g/mol. The number of aryl methyl sites for hydroxylation is 1. The summed E-state index contributed by atoms with van der Waals surface area (Å²) in [6.45, 7) is 2.87. The number of nitrogens with two attached hydrogens (primary N) is 1. The summed E-state index contributed by atoms with van der Waals surface area (Å²) < 4.78 is 1.75. The van der Waals surface area contributed by atoms with E-state index in [1.807, 2.05) is 13.1 Å². The molecule has 0 fully saturated rings. The molecule has 0 atom stereocenters. The predicted octanol–water partition coefficient (Wildman–Crippen LogP) is -4.09. The van der Waals surface area contributed by atoms with Gasteiger partial charge in [0.2, 0.25) is 0 Å². The fourth-order valence-corrected chi connectivity index (χ4v) is 0.506. The first kappa shape index (κ1) is 8.42. The van der Waals surface area contributed by atoms with Crippen LogP contribution in [0.3, 0.4) is 0 Å². The Balaban J connectivity index is 0.000000640. The predicted molar refractivity (Wildman–Crippen MR) is 28.2 cm³/mol. The summed E-state index contributed by atoms with van der Waals surface area (Å²) in [5, 5.41) is 3.84. The van der Waals surface area contributed by atoms with E-state index < -0.39 is 0 Å². The van der Waals surface area contributed by atoms with Crippen LogP contribution in [0.4, 0.5) is 0 Å². The van der Waals surface area contributed by atoms with E-state index in [1.165, 1.54) is 4.79 Å². The fraction of sp³-hybridized carbons (Fsp3) is 0.500. The van der Waals surface area contributed by atoms with Crippen LogP contribution in [-0.2, 0) is 6.54 Å². The first-order valence-corrected chi connectivity index (χ1v) is 2.53. The van der Waals surface area contributed by atoms with Crippen molar-refractivity contribution in [3.63, 3.8) is 0 Å². The van der Waals surface area contributed by atoms with E-state index in [2.05, 4.69) is 5.21 Å². The van der Waals surface area contributed by atoms with Crippen LogP contribution in [0.15, 0.2) is 12.4 Å². The molecule has 0 unspecified atom stereocenters. The molecule has 1 rings (SSSR count). The van der Waals surface area contributed by atoms with Crippen LogP contribution < -0.4 is 27.6 Å². The standard InChI is InChI=1S/C4H9N4.BrH/c1-2-7-3-4-8(5)6-7;/h3-4H,2H2,1H3,(H2,5,6);1H/q+1;/p-1. The molecular weight excluding hydrogens is 184 g/mol. The minimum atomic E-state index is 0. The lowest BCUT2D eigenvalue weighted by atomic mass is 10.7. The second kappa shape index (κ2) is 3.45. The van der Waals surface area contributed by atoms with Gasteiger partial charge in [0.1, 0.15) is 11.8 Å². The van der Waals surface area contributed by atoms with Crippen molar-refractivity contribution < 1.29 is 21.8 Å². The van der Waals surface area contributed by atoms with Gasteiger partial charge in [-0.1, -0.05) is 0 Å². The Morgan fingerprint density at radius 2 is 2.44 bits per heavy atom. The van der Waals surface area contributed by atoms with Gasteiger partial charge < -0.3 is 17.0 Å². The van der Waals surface area contributed by atoms with Gasteiger partial charge in [-0.3, -0.25) is 0 Å².